The fourth-order valence-corrected chi connectivity index (χ4v) is 4.06. The maximum Gasteiger partial charge on any atom is 0.269 e. The summed E-state index contributed by atoms with van der Waals surface area (Å²) in [5.41, 5.74) is 1.33. The summed E-state index contributed by atoms with van der Waals surface area (Å²) in [5, 5.41) is 19.9. The van der Waals surface area contributed by atoms with Gasteiger partial charge < -0.3 is 14.9 Å². The molecular formula is C19H29N3O3. The van der Waals surface area contributed by atoms with Crippen LogP contribution in [0.15, 0.2) is 24.3 Å². The molecule has 6 nitrogen and oxygen atoms in total. The van der Waals surface area contributed by atoms with Crippen molar-refractivity contribution in [3.63, 3.8) is 0 Å². The van der Waals surface area contributed by atoms with E-state index in [2.05, 4.69) is 9.80 Å². The predicted molar refractivity (Wildman–Crippen MR) is 97.6 cm³/mol. The Morgan fingerprint density at radius 3 is 2.28 bits per heavy atom. The molecule has 1 unspecified atom stereocenters. The van der Waals surface area contributed by atoms with Gasteiger partial charge in [0.25, 0.3) is 5.69 Å². The van der Waals surface area contributed by atoms with Gasteiger partial charge in [-0.2, -0.15) is 0 Å². The highest BCUT2D eigenvalue weighted by molar-refractivity contribution is 5.32. The van der Waals surface area contributed by atoms with Gasteiger partial charge in [-0.3, -0.25) is 10.1 Å². The van der Waals surface area contributed by atoms with Crippen LogP contribution in [0.3, 0.4) is 0 Å². The second-order valence-electron chi connectivity index (χ2n) is 7.56. The van der Waals surface area contributed by atoms with E-state index in [4.69, 9.17) is 0 Å². The quantitative estimate of drug-likeness (QED) is 0.605. The number of non-ortho nitro benzene ring substituents is 1. The van der Waals surface area contributed by atoms with Crippen molar-refractivity contribution in [2.24, 2.45) is 11.8 Å². The molecule has 1 aromatic carbocycles. The minimum absolute atomic E-state index is 0.162. The number of nitro groups is 1. The van der Waals surface area contributed by atoms with Crippen molar-refractivity contribution >= 4 is 5.69 Å². The molecule has 0 bridgehead atoms. The number of piperidine rings is 1. The molecule has 0 spiro atoms. The Hall–Kier alpha value is -1.50. The van der Waals surface area contributed by atoms with Gasteiger partial charge in [-0.1, -0.05) is 12.1 Å². The van der Waals surface area contributed by atoms with Gasteiger partial charge in [0, 0.05) is 38.4 Å². The summed E-state index contributed by atoms with van der Waals surface area (Å²) in [7, 11) is 0. The highest BCUT2D eigenvalue weighted by atomic mass is 16.6. The first-order valence-electron chi connectivity index (χ1n) is 9.43. The molecule has 1 aromatic rings. The van der Waals surface area contributed by atoms with Crippen molar-refractivity contribution in [2.45, 2.75) is 25.7 Å². The molecule has 6 heteroatoms. The molecule has 0 aliphatic carbocycles. The smallest absolute Gasteiger partial charge is 0.269 e. The lowest BCUT2D eigenvalue weighted by atomic mass is 9.96. The van der Waals surface area contributed by atoms with Gasteiger partial charge in [-0.25, -0.2) is 0 Å². The fraction of sp³-hybridized carbons (Fsp3) is 0.684. The van der Waals surface area contributed by atoms with E-state index in [1.54, 1.807) is 12.1 Å². The largest absolute Gasteiger partial charge is 0.396 e. The normalized spacial score (nSPS) is 23.2. The lowest BCUT2D eigenvalue weighted by molar-refractivity contribution is -0.384. The Labute approximate surface area is 149 Å². The predicted octanol–water partition coefficient (Wildman–Crippen LogP) is 2.16. The Bertz CT molecular complexity index is 556. The molecule has 1 atom stereocenters. The molecule has 2 heterocycles. The minimum Gasteiger partial charge on any atom is -0.396 e. The maximum absolute atomic E-state index is 10.7. The van der Waals surface area contributed by atoms with E-state index in [1.807, 2.05) is 12.1 Å². The van der Waals surface area contributed by atoms with E-state index in [0.717, 1.165) is 51.5 Å². The van der Waals surface area contributed by atoms with Crippen LogP contribution >= 0.6 is 0 Å². The monoisotopic (exact) mass is 347 g/mol. The minimum atomic E-state index is -0.350. The summed E-state index contributed by atoms with van der Waals surface area (Å²) in [4.78, 5) is 15.4. The molecular weight excluding hydrogens is 318 g/mol. The molecule has 3 rings (SSSR count). The number of hydrogen-bond acceptors (Lipinski definition) is 5. The Balaban J connectivity index is 1.36. The van der Waals surface area contributed by atoms with Gasteiger partial charge in [0.05, 0.1) is 4.92 Å². The molecule has 0 amide bonds. The zero-order chi connectivity index (χ0) is 17.6. The number of likely N-dealkylation sites (tertiary alicyclic amines) is 2. The fourth-order valence-electron chi connectivity index (χ4n) is 4.06. The molecule has 2 fully saturated rings. The summed E-state index contributed by atoms with van der Waals surface area (Å²) >= 11 is 0. The second kappa shape index (κ2) is 8.74. The zero-order valence-electron chi connectivity index (χ0n) is 14.8. The van der Waals surface area contributed by atoms with Gasteiger partial charge in [-0.05, 0) is 62.7 Å². The van der Waals surface area contributed by atoms with Crippen molar-refractivity contribution in [3.05, 3.63) is 39.9 Å². The number of rotatable bonds is 7. The molecule has 2 saturated heterocycles. The summed E-state index contributed by atoms with van der Waals surface area (Å²) < 4.78 is 0. The van der Waals surface area contributed by atoms with Crippen molar-refractivity contribution in [3.8, 4) is 0 Å². The Morgan fingerprint density at radius 1 is 1.04 bits per heavy atom. The van der Waals surface area contributed by atoms with Crippen molar-refractivity contribution in [1.82, 2.24) is 9.80 Å². The molecule has 0 radical (unpaired) electrons. The standard InChI is InChI=1S/C19H29N3O3/c23-15-18-8-12-21(14-18)13-17-6-10-20(11-7-17)9-5-16-1-3-19(4-2-16)22(24)25/h1-4,17-18,23H,5-15H2. The Kier molecular flexibility index (Phi) is 6.39. The second-order valence-corrected chi connectivity index (χ2v) is 7.56. The average molecular weight is 347 g/mol. The highest BCUT2D eigenvalue weighted by Gasteiger charge is 2.26. The number of hydrogen-bond donors (Lipinski definition) is 1. The van der Waals surface area contributed by atoms with E-state index in [1.165, 1.54) is 24.9 Å². The van der Waals surface area contributed by atoms with Gasteiger partial charge in [0.1, 0.15) is 0 Å². The summed E-state index contributed by atoms with van der Waals surface area (Å²) in [6.45, 7) is 7.05. The van der Waals surface area contributed by atoms with E-state index in [9.17, 15) is 15.2 Å². The Morgan fingerprint density at radius 2 is 1.68 bits per heavy atom. The summed E-state index contributed by atoms with van der Waals surface area (Å²) in [6.07, 6.45) is 4.60. The van der Waals surface area contributed by atoms with Gasteiger partial charge in [0.2, 0.25) is 0 Å². The maximum atomic E-state index is 10.7. The third kappa shape index (κ3) is 5.23. The van der Waals surface area contributed by atoms with E-state index < -0.39 is 0 Å². The lowest BCUT2D eigenvalue weighted by Crippen LogP contribution is -2.39. The third-order valence-electron chi connectivity index (χ3n) is 5.72. The van der Waals surface area contributed by atoms with Crippen LogP contribution in [0.5, 0.6) is 0 Å². The van der Waals surface area contributed by atoms with E-state index in [0.29, 0.717) is 12.5 Å². The molecule has 2 aliphatic heterocycles. The molecule has 0 aromatic heterocycles. The van der Waals surface area contributed by atoms with Crippen molar-refractivity contribution in [2.75, 3.05) is 45.9 Å². The summed E-state index contributed by atoms with van der Waals surface area (Å²) in [6, 6.07) is 6.93. The van der Waals surface area contributed by atoms with Crippen LogP contribution in [-0.2, 0) is 6.42 Å². The first-order valence-corrected chi connectivity index (χ1v) is 9.43. The number of benzene rings is 1. The van der Waals surface area contributed by atoms with Gasteiger partial charge in [0.15, 0.2) is 0 Å². The first kappa shape index (κ1) is 18.3. The topological polar surface area (TPSA) is 69.9 Å². The van der Waals surface area contributed by atoms with Gasteiger partial charge >= 0.3 is 0 Å². The molecule has 25 heavy (non-hydrogen) atoms. The zero-order valence-corrected chi connectivity index (χ0v) is 14.8. The number of aliphatic hydroxyl groups is 1. The first-order chi connectivity index (χ1) is 12.1. The highest BCUT2D eigenvalue weighted by Crippen LogP contribution is 2.23. The summed E-state index contributed by atoms with van der Waals surface area (Å²) in [5.74, 6) is 1.27. The van der Waals surface area contributed by atoms with Crippen LogP contribution in [0.4, 0.5) is 5.69 Å². The molecule has 2 aliphatic rings. The average Bonchev–Trinajstić information content (AvgIpc) is 3.09. The molecule has 0 saturated carbocycles. The number of aliphatic hydroxyl groups excluding tert-OH is 1. The molecule has 138 valence electrons. The SMILES string of the molecule is O=[N+]([O-])c1ccc(CCN2CCC(CN3CCC(CO)C3)CC2)cc1. The number of nitro benzene ring substituents is 1. The molecule has 1 N–H and O–H groups in total. The number of nitrogens with zero attached hydrogens (tertiary/aromatic N) is 3. The third-order valence-corrected chi connectivity index (χ3v) is 5.72. The van der Waals surface area contributed by atoms with Crippen molar-refractivity contribution in [1.29, 1.82) is 0 Å². The van der Waals surface area contributed by atoms with E-state index in [-0.39, 0.29) is 10.6 Å². The van der Waals surface area contributed by atoms with Crippen LogP contribution in [0.1, 0.15) is 24.8 Å². The lowest BCUT2D eigenvalue weighted by Gasteiger charge is -2.34. The van der Waals surface area contributed by atoms with Crippen LogP contribution in [0.25, 0.3) is 0 Å². The van der Waals surface area contributed by atoms with Crippen molar-refractivity contribution < 1.29 is 10.0 Å². The van der Waals surface area contributed by atoms with Crippen LogP contribution in [-0.4, -0.2) is 65.7 Å². The van der Waals surface area contributed by atoms with Gasteiger partial charge in [-0.15, -0.1) is 0 Å². The van der Waals surface area contributed by atoms with Crippen LogP contribution in [0, 0.1) is 22.0 Å². The van der Waals surface area contributed by atoms with Crippen LogP contribution < -0.4 is 0 Å². The van der Waals surface area contributed by atoms with E-state index >= 15 is 0 Å². The van der Waals surface area contributed by atoms with Crippen LogP contribution in [0.2, 0.25) is 0 Å².